The predicted molar refractivity (Wildman–Crippen MR) is 307 cm³/mol. The molecule has 14 aromatic rings. The monoisotopic (exact) mass is 914 g/mol. The topological polar surface area (TPSA) is 8.17 Å². The Morgan fingerprint density at radius 2 is 0.667 bits per heavy atom. The van der Waals surface area contributed by atoms with Gasteiger partial charge < -0.3 is 9.47 Å². The van der Waals surface area contributed by atoms with E-state index in [0.717, 1.165) is 22.7 Å². The Labute approximate surface area is 418 Å². The molecule has 2 nitrogen and oxygen atoms in total. The number of hydrogen-bond acceptors (Lipinski definition) is 1. The molecule has 2 heteroatoms. The second-order valence-corrected chi connectivity index (χ2v) is 18.8. The maximum Gasteiger partial charge on any atom is 0.0541 e. The zero-order valence-electron chi connectivity index (χ0n) is 39.5. The number of benzene rings is 13. The first-order chi connectivity index (χ1) is 35.7. The van der Waals surface area contributed by atoms with Gasteiger partial charge in [0.05, 0.1) is 16.7 Å². The molecule has 0 aliphatic carbocycles. The van der Waals surface area contributed by atoms with Crippen LogP contribution in [0.2, 0.25) is 0 Å². The second-order valence-electron chi connectivity index (χ2n) is 18.8. The first kappa shape index (κ1) is 41.5. The highest BCUT2D eigenvalue weighted by Gasteiger charge is 2.22. The number of fused-ring (bicyclic) bond motifs is 7. The molecular formula is C70H46N2. The minimum Gasteiger partial charge on any atom is -0.310 e. The molecule has 13 aromatic carbocycles. The number of rotatable bonds is 8. The number of para-hydroxylation sites is 1. The van der Waals surface area contributed by atoms with E-state index in [2.05, 4.69) is 289 Å². The molecule has 0 aliphatic rings. The lowest BCUT2D eigenvalue weighted by Gasteiger charge is -2.27. The van der Waals surface area contributed by atoms with Gasteiger partial charge in [0.25, 0.3) is 0 Å². The molecule has 1 aromatic heterocycles. The normalized spacial score (nSPS) is 11.6. The van der Waals surface area contributed by atoms with Crippen LogP contribution >= 0.6 is 0 Å². The van der Waals surface area contributed by atoms with E-state index in [1.807, 2.05) is 0 Å². The summed E-state index contributed by atoms with van der Waals surface area (Å²) >= 11 is 0. The summed E-state index contributed by atoms with van der Waals surface area (Å²) in [4.78, 5) is 2.42. The lowest BCUT2D eigenvalue weighted by atomic mass is 9.83. The van der Waals surface area contributed by atoms with Gasteiger partial charge in [0.2, 0.25) is 0 Å². The number of anilines is 3. The van der Waals surface area contributed by atoms with E-state index in [0.29, 0.717) is 0 Å². The van der Waals surface area contributed by atoms with Gasteiger partial charge in [-0.3, -0.25) is 0 Å². The van der Waals surface area contributed by atoms with Crippen molar-refractivity contribution >= 4 is 82.0 Å². The van der Waals surface area contributed by atoms with Crippen LogP contribution in [0, 0.1) is 0 Å². The minimum absolute atomic E-state index is 1.08. The summed E-state index contributed by atoms with van der Waals surface area (Å²) in [6.45, 7) is 0. The van der Waals surface area contributed by atoms with Crippen molar-refractivity contribution in [1.82, 2.24) is 4.57 Å². The molecule has 0 spiro atoms. The Morgan fingerprint density at radius 3 is 1.24 bits per heavy atom. The molecule has 0 unspecified atom stereocenters. The van der Waals surface area contributed by atoms with Crippen molar-refractivity contribution in [2.45, 2.75) is 0 Å². The molecule has 0 bridgehead atoms. The van der Waals surface area contributed by atoms with E-state index < -0.39 is 0 Å². The van der Waals surface area contributed by atoms with E-state index in [-0.39, 0.29) is 0 Å². The van der Waals surface area contributed by atoms with Crippen molar-refractivity contribution in [3.63, 3.8) is 0 Å². The molecule has 0 atom stereocenters. The summed E-state index contributed by atoms with van der Waals surface area (Å²) < 4.78 is 2.43. The van der Waals surface area contributed by atoms with Gasteiger partial charge in [-0.15, -0.1) is 0 Å². The summed E-state index contributed by atoms with van der Waals surface area (Å²) in [7, 11) is 0. The number of hydrogen-bond donors (Lipinski definition) is 0. The largest absolute Gasteiger partial charge is 0.310 e. The van der Waals surface area contributed by atoms with Crippen LogP contribution in [0.1, 0.15) is 0 Å². The highest BCUT2D eigenvalue weighted by Crippen LogP contribution is 2.48. The third-order valence-electron chi connectivity index (χ3n) is 14.8. The van der Waals surface area contributed by atoms with Gasteiger partial charge in [-0.2, -0.15) is 0 Å². The number of nitrogens with zero attached hydrogens (tertiary/aromatic N) is 2. The predicted octanol–water partition coefficient (Wildman–Crippen LogP) is 19.5. The van der Waals surface area contributed by atoms with Crippen molar-refractivity contribution in [2.75, 3.05) is 4.90 Å². The van der Waals surface area contributed by atoms with Gasteiger partial charge in [-0.25, -0.2) is 0 Å². The third-order valence-corrected chi connectivity index (χ3v) is 14.8. The molecule has 72 heavy (non-hydrogen) atoms. The highest BCUT2D eigenvalue weighted by molar-refractivity contribution is 6.25. The van der Waals surface area contributed by atoms with E-state index in [4.69, 9.17) is 0 Å². The van der Waals surface area contributed by atoms with E-state index in [1.54, 1.807) is 0 Å². The smallest absolute Gasteiger partial charge is 0.0541 e. The minimum atomic E-state index is 1.08. The van der Waals surface area contributed by atoms with Crippen LogP contribution in [0.3, 0.4) is 0 Å². The fourth-order valence-electron chi connectivity index (χ4n) is 11.5. The number of aromatic nitrogens is 1. The Kier molecular flexibility index (Phi) is 9.89. The van der Waals surface area contributed by atoms with Crippen LogP contribution in [-0.2, 0) is 0 Å². The van der Waals surface area contributed by atoms with Crippen LogP contribution in [0.15, 0.2) is 279 Å². The lowest BCUT2D eigenvalue weighted by molar-refractivity contribution is 1.17. The van der Waals surface area contributed by atoms with Crippen molar-refractivity contribution in [3.8, 4) is 50.2 Å². The molecule has 336 valence electrons. The van der Waals surface area contributed by atoms with Crippen LogP contribution in [0.25, 0.3) is 115 Å². The molecule has 0 aliphatic heterocycles. The van der Waals surface area contributed by atoms with E-state index in [9.17, 15) is 0 Å². The third kappa shape index (κ3) is 6.80. The first-order valence-corrected chi connectivity index (χ1v) is 24.8. The fraction of sp³-hybridized carbons (Fsp3) is 0. The Bertz CT molecular complexity index is 4200. The summed E-state index contributed by atoms with van der Waals surface area (Å²) in [5.74, 6) is 0. The summed E-state index contributed by atoms with van der Waals surface area (Å²) in [6.07, 6.45) is 0. The Hall–Kier alpha value is -9.50. The van der Waals surface area contributed by atoms with Gasteiger partial charge in [0, 0.05) is 33.2 Å². The summed E-state index contributed by atoms with van der Waals surface area (Å²) in [6, 6.07) is 102. The lowest BCUT2D eigenvalue weighted by Crippen LogP contribution is -2.10. The molecule has 0 N–H and O–H groups in total. The summed E-state index contributed by atoms with van der Waals surface area (Å²) in [5, 5.41) is 12.3. The van der Waals surface area contributed by atoms with Crippen molar-refractivity contribution < 1.29 is 0 Å². The van der Waals surface area contributed by atoms with E-state index >= 15 is 0 Å². The van der Waals surface area contributed by atoms with Crippen LogP contribution in [0.4, 0.5) is 17.1 Å². The SMILES string of the molecule is c1ccc(-c2ccc3c(c2)c2cc(-c4ccccc4)ccc2n3-c2ccc(N(c3ccccc3)c3cccc4c(-c5c6ccccc6c(-c6cccc7ccccc67)c6ccccc56)cccc34)cc2)cc1. The first-order valence-electron chi connectivity index (χ1n) is 24.8. The molecule has 0 saturated carbocycles. The van der Waals surface area contributed by atoms with Gasteiger partial charge in [-0.1, -0.05) is 212 Å². The maximum absolute atomic E-state index is 2.43. The quantitative estimate of drug-likeness (QED) is 0.138. The Balaban J connectivity index is 0.932. The average Bonchev–Trinajstić information content (AvgIpc) is 3.78. The average molecular weight is 915 g/mol. The molecule has 0 radical (unpaired) electrons. The van der Waals surface area contributed by atoms with Gasteiger partial charge in [0.1, 0.15) is 0 Å². The molecule has 0 fully saturated rings. The zero-order valence-corrected chi connectivity index (χ0v) is 39.5. The van der Waals surface area contributed by atoms with Gasteiger partial charge in [-0.05, 0) is 149 Å². The van der Waals surface area contributed by atoms with Crippen molar-refractivity contribution in [1.29, 1.82) is 0 Å². The molecule has 14 rings (SSSR count). The van der Waals surface area contributed by atoms with Crippen LogP contribution in [0.5, 0.6) is 0 Å². The van der Waals surface area contributed by atoms with Crippen molar-refractivity contribution in [2.24, 2.45) is 0 Å². The van der Waals surface area contributed by atoms with Gasteiger partial charge >= 0.3 is 0 Å². The molecule has 1 heterocycles. The van der Waals surface area contributed by atoms with Crippen molar-refractivity contribution in [3.05, 3.63) is 279 Å². The Morgan fingerprint density at radius 1 is 0.250 bits per heavy atom. The molecular weight excluding hydrogens is 869 g/mol. The van der Waals surface area contributed by atoms with Crippen LogP contribution < -0.4 is 4.90 Å². The molecule has 0 saturated heterocycles. The summed E-state index contributed by atoms with van der Waals surface area (Å²) in [5.41, 5.74) is 16.6. The fourth-order valence-corrected chi connectivity index (χ4v) is 11.5. The van der Waals surface area contributed by atoms with Gasteiger partial charge in [0.15, 0.2) is 0 Å². The van der Waals surface area contributed by atoms with E-state index in [1.165, 1.54) is 109 Å². The maximum atomic E-state index is 2.43. The molecule has 0 amide bonds. The highest BCUT2D eigenvalue weighted by atomic mass is 15.1. The van der Waals surface area contributed by atoms with Crippen LogP contribution in [-0.4, -0.2) is 4.57 Å². The second kappa shape index (κ2) is 17.2. The zero-order chi connectivity index (χ0) is 47.5. The standard InChI is InChI=1S/C70H46N2/c1-4-19-47(20-5-1)50-37-43-67-64(45-50)65-46-51(48-21-6-2-7-22-48)38-44-68(65)72(67)54-41-39-53(40-42-54)71(52-25-8-3-9-26-52)66-36-18-32-56-57(66)33-17-35-59(56)70-62-30-14-12-28-60(62)69(61-29-13-15-31-63(61)70)58-34-16-24-49-23-10-11-27-55(49)58/h1-46H.